The molecule has 0 aromatic carbocycles. The first-order chi connectivity index (χ1) is 6.06. The zero-order valence-electron chi connectivity index (χ0n) is 10.3. The van der Waals surface area contributed by atoms with Gasteiger partial charge in [0.25, 0.3) is 10.1 Å². The molecule has 0 aliphatic rings. The Morgan fingerprint density at radius 2 is 1.43 bits per heavy atom. The van der Waals surface area contributed by atoms with Crippen molar-refractivity contribution in [3.63, 3.8) is 0 Å². The summed E-state index contributed by atoms with van der Waals surface area (Å²) < 4.78 is 29.1. The summed E-state index contributed by atoms with van der Waals surface area (Å²) in [4.78, 5) is 0. The Bertz CT molecular complexity index is 207. The van der Waals surface area contributed by atoms with Crippen molar-refractivity contribution in [2.75, 3.05) is 5.75 Å². The fraction of sp³-hybridized carbons (Fsp3) is 1.00. The summed E-state index contributed by atoms with van der Waals surface area (Å²) in [6.45, 7) is 2.17. The predicted octanol–water partition coefficient (Wildman–Crippen LogP) is -0.259. The third-order valence-electron chi connectivity index (χ3n) is 2.01. The van der Waals surface area contributed by atoms with E-state index in [2.05, 4.69) is 6.92 Å². The molecule has 0 rings (SSSR count). The number of hydrogen-bond donors (Lipinski definition) is 1. The van der Waals surface area contributed by atoms with Crippen molar-refractivity contribution >= 4 is 10.1 Å². The quantitative estimate of drug-likeness (QED) is 0.356. The van der Waals surface area contributed by atoms with Crippen LogP contribution in [0.25, 0.3) is 0 Å². The summed E-state index contributed by atoms with van der Waals surface area (Å²) in [7, 11) is -3.72. The summed E-state index contributed by atoms with van der Waals surface area (Å²) in [6, 6.07) is 0. The van der Waals surface area contributed by atoms with Gasteiger partial charge in [-0.2, -0.15) is 8.42 Å². The van der Waals surface area contributed by atoms with Gasteiger partial charge in [-0.3, -0.25) is 4.55 Å². The molecule has 0 amide bonds. The summed E-state index contributed by atoms with van der Waals surface area (Å²) in [5, 5.41) is 0. The molecule has 0 saturated heterocycles. The Morgan fingerprint density at radius 3 is 1.86 bits per heavy atom. The average molecular weight is 232 g/mol. The molecule has 0 bridgehead atoms. The minimum atomic E-state index is -3.72. The first-order valence-electron chi connectivity index (χ1n) is 5.01. The van der Waals surface area contributed by atoms with Crippen molar-refractivity contribution in [2.45, 2.75) is 51.9 Å². The normalized spacial score (nSPS) is 11.0. The van der Waals surface area contributed by atoms with Crippen molar-refractivity contribution in [2.24, 2.45) is 0 Å². The second kappa shape index (κ2) is 10.4. The fourth-order valence-corrected chi connectivity index (χ4v) is 1.81. The fourth-order valence-electron chi connectivity index (χ4n) is 1.24. The van der Waals surface area contributed by atoms with Crippen LogP contribution in [0.3, 0.4) is 0 Å². The van der Waals surface area contributed by atoms with E-state index in [0.717, 1.165) is 12.8 Å². The van der Waals surface area contributed by atoms with E-state index in [9.17, 15) is 8.42 Å². The van der Waals surface area contributed by atoms with E-state index in [1.165, 1.54) is 25.7 Å². The maximum Gasteiger partial charge on any atom is 1.00 e. The molecule has 0 heterocycles. The molecular formula is C9H21NaO3S. The van der Waals surface area contributed by atoms with Gasteiger partial charge in [-0.25, -0.2) is 0 Å². The van der Waals surface area contributed by atoms with Gasteiger partial charge in [-0.05, 0) is 6.42 Å². The first-order valence-corrected chi connectivity index (χ1v) is 6.62. The van der Waals surface area contributed by atoms with Gasteiger partial charge >= 0.3 is 29.6 Å². The van der Waals surface area contributed by atoms with Crippen LogP contribution in [0.1, 0.15) is 53.3 Å². The second-order valence-corrected chi connectivity index (χ2v) is 4.98. The Kier molecular flexibility index (Phi) is 12.9. The molecule has 5 heteroatoms. The van der Waals surface area contributed by atoms with Crippen molar-refractivity contribution in [1.29, 1.82) is 0 Å². The topological polar surface area (TPSA) is 54.4 Å². The van der Waals surface area contributed by atoms with Crippen molar-refractivity contribution in [3.8, 4) is 0 Å². The molecule has 14 heavy (non-hydrogen) atoms. The van der Waals surface area contributed by atoms with Gasteiger partial charge in [0.05, 0.1) is 5.75 Å². The Balaban J connectivity index is -0.000000720. The molecular weight excluding hydrogens is 211 g/mol. The summed E-state index contributed by atoms with van der Waals surface area (Å²) in [5.74, 6) is -0.0826. The van der Waals surface area contributed by atoms with Crippen molar-refractivity contribution in [3.05, 3.63) is 0 Å². The molecule has 0 spiro atoms. The van der Waals surface area contributed by atoms with Crippen LogP contribution in [0.2, 0.25) is 0 Å². The molecule has 0 aromatic heterocycles. The predicted molar refractivity (Wildman–Crippen MR) is 55.5 cm³/mol. The van der Waals surface area contributed by atoms with Crippen molar-refractivity contribution in [1.82, 2.24) is 0 Å². The van der Waals surface area contributed by atoms with E-state index in [-0.39, 0.29) is 36.7 Å². The molecule has 3 nitrogen and oxygen atoms in total. The maximum absolute atomic E-state index is 10.3. The van der Waals surface area contributed by atoms with Gasteiger partial charge in [0.2, 0.25) is 0 Å². The summed E-state index contributed by atoms with van der Waals surface area (Å²) in [5.41, 5.74) is 0. The molecule has 0 fully saturated rings. The van der Waals surface area contributed by atoms with E-state index in [4.69, 9.17) is 4.55 Å². The van der Waals surface area contributed by atoms with Crippen LogP contribution in [0.5, 0.6) is 0 Å². The molecule has 82 valence electrons. The maximum atomic E-state index is 10.3. The summed E-state index contributed by atoms with van der Waals surface area (Å²) >= 11 is 0. The van der Waals surface area contributed by atoms with Crippen LogP contribution in [0.4, 0.5) is 0 Å². The van der Waals surface area contributed by atoms with E-state index in [1.54, 1.807) is 0 Å². The Hall–Kier alpha value is 0.910. The number of rotatable bonds is 8. The second-order valence-electron chi connectivity index (χ2n) is 3.41. The third-order valence-corrected chi connectivity index (χ3v) is 2.81. The smallest absolute Gasteiger partial charge is 1.00 e. The molecule has 0 aromatic rings. The van der Waals surface area contributed by atoms with Gasteiger partial charge < -0.3 is 1.43 Å². The molecule has 0 aliphatic heterocycles. The zero-order chi connectivity index (χ0) is 10.2. The molecule has 0 unspecified atom stereocenters. The van der Waals surface area contributed by atoms with Crippen LogP contribution >= 0.6 is 0 Å². The van der Waals surface area contributed by atoms with Gasteiger partial charge in [-0.1, -0.05) is 45.4 Å². The Labute approximate surface area is 111 Å². The largest absolute Gasteiger partial charge is 1.00 e. The Morgan fingerprint density at radius 1 is 1.00 bits per heavy atom. The van der Waals surface area contributed by atoms with Gasteiger partial charge in [0, 0.05) is 0 Å². The SMILES string of the molecule is CCCCCCCCCS(=O)(=O)O.[H-].[Na+]. The standard InChI is InChI=1S/C9H20O3S.Na.H/c1-2-3-4-5-6-7-8-9-13(10,11)12;;/h2-9H2,1H3,(H,10,11,12);;/q;+1;-1. The minimum absolute atomic E-state index is 0. The van der Waals surface area contributed by atoms with E-state index in [1.807, 2.05) is 0 Å². The monoisotopic (exact) mass is 232 g/mol. The van der Waals surface area contributed by atoms with Crippen LogP contribution in [0, 0.1) is 0 Å². The van der Waals surface area contributed by atoms with Crippen LogP contribution in [0.15, 0.2) is 0 Å². The van der Waals surface area contributed by atoms with Gasteiger partial charge in [0.15, 0.2) is 0 Å². The van der Waals surface area contributed by atoms with E-state index in [0.29, 0.717) is 6.42 Å². The first kappa shape index (κ1) is 17.3. The van der Waals surface area contributed by atoms with Gasteiger partial charge in [0.1, 0.15) is 0 Å². The zero-order valence-corrected chi connectivity index (χ0v) is 12.1. The molecule has 1 N–H and O–H groups in total. The van der Waals surface area contributed by atoms with Crippen LogP contribution in [-0.2, 0) is 10.1 Å². The van der Waals surface area contributed by atoms with E-state index >= 15 is 0 Å². The molecule has 0 atom stereocenters. The van der Waals surface area contributed by atoms with Crippen molar-refractivity contribution < 1.29 is 44.0 Å². The van der Waals surface area contributed by atoms with Gasteiger partial charge in [-0.15, -0.1) is 0 Å². The summed E-state index contributed by atoms with van der Waals surface area (Å²) in [6.07, 6.45) is 7.48. The number of unbranched alkanes of at least 4 members (excludes halogenated alkanes) is 6. The minimum Gasteiger partial charge on any atom is -1.00 e. The number of hydrogen-bond acceptors (Lipinski definition) is 2. The van der Waals surface area contributed by atoms with Crippen LogP contribution in [-0.4, -0.2) is 18.7 Å². The van der Waals surface area contributed by atoms with Crippen LogP contribution < -0.4 is 29.6 Å². The van der Waals surface area contributed by atoms with E-state index < -0.39 is 10.1 Å². The average Bonchev–Trinajstić information content (AvgIpc) is 2.01. The third kappa shape index (κ3) is 15.4. The molecule has 0 saturated carbocycles. The molecule has 0 aliphatic carbocycles. The molecule has 0 radical (unpaired) electrons.